The zero-order valence-corrected chi connectivity index (χ0v) is 16.9. The van der Waals surface area contributed by atoms with Crippen LogP contribution in [0.25, 0.3) is 10.8 Å². The highest BCUT2D eigenvalue weighted by Crippen LogP contribution is 2.40. The highest BCUT2D eigenvalue weighted by Gasteiger charge is 2.41. The number of nitrogens with one attached hydrogen (secondary N) is 1. The molecule has 7 heteroatoms. The molecule has 4 rings (SSSR count). The first kappa shape index (κ1) is 19.1. The van der Waals surface area contributed by atoms with E-state index in [0.717, 1.165) is 24.9 Å². The van der Waals surface area contributed by atoms with Crippen molar-refractivity contribution in [2.75, 3.05) is 11.4 Å². The Bertz CT molecular complexity index is 1090. The maximum Gasteiger partial charge on any atom is 0.258 e. The Morgan fingerprint density at radius 3 is 2.50 bits per heavy atom. The molecule has 2 aromatic carbocycles. The molecule has 1 heterocycles. The lowest BCUT2D eigenvalue weighted by Gasteiger charge is -2.35. The van der Waals surface area contributed by atoms with Crippen LogP contribution >= 0.6 is 0 Å². The van der Waals surface area contributed by atoms with Gasteiger partial charge in [0.1, 0.15) is 0 Å². The van der Waals surface area contributed by atoms with Gasteiger partial charge in [-0.2, -0.15) is 4.72 Å². The molecule has 1 fully saturated rings. The average molecular weight is 401 g/mol. The summed E-state index contributed by atoms with van der Waals surface area (Å²) < 4.78 is 29.4. The van der Waals surface area contributed by atoms with Crippen molar-refractivity contribution in [3.05, 3.63) is 35.9 Å². The third kappa shape index (κ3) is 2.76. The predicted octanol–water partition coefficient (Wildman–Crippen LogP) is 3.39. The number of amides is 1. The second-order valence-corrected chi connectivity index (χ2v) is 9.32. The summed E-state index contributed by atoms with van der Waals surface area (Å²) in [5.74, 6) is -0.257. The van der Waals surface area contributed by atoms with Crippen molar-refractivity contribution in [2.24, 2.45) is 0 Å². The molecule has 0 atom stereocenters. The number of ketones is 1. The number of benzene rings is 2. The van der Waals surface area contributed by atoms with Crippen molar-refractivity contribution in [3.8, 4) is 0 Å². The van der Waals surface area contributed by atoms with E-state index in [1.165, 1.54) is 6.92 Å². The van der Waals surface area contributed by atoms with Crippen molar-refractivity contribution < 1.29 is 18.0 Å². The zero-order chi connectivity index (χ0) is 20.1. The summed E-state index contributed by atoms with van der Waals surface area (Å²) in [5, 5.41) is 1.18. The molecular weight excluding hydrogens is 376 g/mol. The normalized spacial score (nSPS) is 18.6. The Balaban J connectivity index is 1.85. The fourth-order valence-corrected chi connectivity index (χ4v) is 6.24. The minimum atomic E-state index is -3.94. The number of anilines is 1. The lowest BCUT2D eigenvalue weighted by Crippen LogP contribution is -2.54. The van der Waals surface area contributed by atoms with Crippen LogP contribution in [0.15, 0.2) is 35.2 Å². The van der Waals surface area contributed by atoms with Gasteiger partial charge in [0.25, 0.3) is 5.91 Å². The molecule has 0 spiro atoms. The number of nitrogens with zero attached hydrogens (tertiary/aromatic N) is 1. The van der Waals surface area contributed by atoms with Gasteiger partial charge in [-0.15, -0.1) is 0 Å². The van der Waals surface area contributed by atoms with E-state index in [-0.39, 0.29) is 16.6 Å². The molecule has 1 saturated carbocycles. The average Bonchev–Trinajstić information content (AvgIpc) is 2.95. The third-order valence-corrected chi connectivity index (χ3v) is 7.66. The predicted molar refractivity (Wildman–Crippen MR) is 108 cm³/mol. The van der Waals surface area contributed by atoms with Crippen molar-refractivity contribution in [2.45, 2.75) is 56.4 Å². The van der Waals surface area contributed by atoms with Gasteiger partial charge in [0.05, 0.1) is 16.1 Å². The van der Waals surface area contributed by atoms with Crippen LogP contribution in [0.1, 0.15) is 56.3 Å². The number of rotatable bonds is 5. The third-order valence-electron chi connectivity index (χ3n) is 6.06. The Morgan fingerprint density at radius 1 is 1.14 bits per heavy atom. The molecule has 28 heavy (non-hydrogen) atoms. The van der Waals surface area contributed by atoms with Gasteiger partial charge >= 0.3 is 0 Å². The van der Waals surface area contributed by atoms with E-state index in [4.69, 9.17) is 0 Å². The topological polar surface area (TPSA) is 83.6 Å². The first-order valence-electron chi connectivity index (χ1n) is 9.73. The van der Waals surface area contributed by atoms with Gasteiger partial charge in [0, 0.05) is 22.9 Å². The van der Waals surface area contributed by atoms with Gasteiger partial charge in [-0.05, 0) is 44.9 Å². The Kier molecular flexibility index (Phi) is 4.55. The van der Waals surface area contributed by atoms with Crippen LogP contribution in [0.4, 0.5) is 5.69 Å². The first-order valence-corrected chi connectivity index (χ1v) is 11.2. The summed E-state index contributed by atoms with van der Waals surface area (Å²) in [5.41, 5.74) is 0.215. The van der Waals surface area contributed by atoms with Gasteiger partial charge in [0.15, 0.2) is 5.78 Å². The molecule has 0 bridgehead atoms. The van der Waals surface area contributed by atoms with Gasteiger partial charge in [-0.1, -0.05) is 31.4 Å². The summed E-state index contributed by atoms with van der Waals surface area (Å²) in [7, 11) is -3.94. The molecule has 148 valence electrons. The Hall–Kier alpha value is -2.25. The largest absolute Gasteiger partial charge is 0.308 e. The maximum absolute atomic E-state index is 13.3. The fraction of sp³-hybridized carbons (Fsp3) is 0.429. The quantitative estimate of drug-likeness (QED) is 0.834. The molecule has 1 aliphatic heterocycles. The standard InChI is InChI=1S/C21H24N2O4S/c1-3-23-17-10-11-18(15-8-7-9-16(19(15)17)20(23)25)28(26,27)22-21(14(2)24)12-5-4-6-13-21/h7-11,22H,3-6,12-13H2,1-2H3. The van der Waals surface area contributed by atoms with Crippen molar-refractivity contribution in [1.29, 1.82) is 0 Å². The molecular formula is C21H24N2O4S. The van der Waals surface area contributed by atoms with Crippen molar-refractivity contribution in [1.82, 2.24) is 4.72 Å². The molecule has 0 aromatic heterocycles. The second kappa shape index (κ2) is 6.67. The van der Waals surface area contributed by atoms with Crippen LogP contribution in [0.3, 0.4) is 0 Å². The molecule has 0 unspecified atom stereocenters. The Morgan fingerprint density at radius 2 is 1.86 bits per heavy atom. The van der Waals surface area contributed by atoms with E-state index in [1.807, 2.05) is 6.92 Å². The summed E-state index contributed by atoms with van der Waals surface area (Å²) >= 11 is 0. The molecule has 0 saturated heterocycles. The number of carbonyl (C=O) groups excluding carboxylic acids is 2. The Labute approximate surface area is 165 Å². The van der Waals surface area contributed by atoms with Crippen molar-refractivity contribution in [3.63, 3.8) is 0 Å². The SMILES string of the molecule is CCN1C(=O)c2cccc3c(S(=O)(=O)NC4(C(C)=O)CCCCC4)ccc1c23. The minimum Gasteiger partial charge on any atom is -0.308 e. The fourth-order valence-electron chi connectivity index (χ4n) is 4.56. The van der Waals surface area contributed by atoms with Gasteiger partial charge in [-0.3, -0.25) is 9.59 Å². The van der Waals surface area contributed by atoms with E-state index >= 15 is 0 Å². The van der Waals surface area contributed by atoms with Gasteiger partial charge in [0.2, 0.25) is 10.0 Å². The number of hydrogen-bond acceptors (Lipinski definition) is 4. The monoisotopic (exact) mass is 400 g/mol. The number of carbonyl (C=O) groups is 2. The van der Waals surface area contributed by atoms with E-state index in [9.17, 15) is 18.0 Å². The number of hydrogen-bond donors (Lipinski definition) is 1. The van der Waals surface area contributed by atoms with Crippen LogP contribution in [0.5, 0.6) is 0 Å². The van der Waals surface area contributed by atoms with Crippen LogP contribution in [0, 0.1) is 0 Å². The highest BCUT2D eigenvalue weighted by molar-refractivity contribution is 7.89. The summed E-state index contributed by atoms with van der Waals surface area (Å²) in [6.07, 6.45) is 3.69. The maximum atomic E-state index is 13.3. The van der Waals surface area contributed by atoms with E-state index in [0.29, 0.717) is 35.7 Å². The molecule has 6 nitrogen and oxygen atoms in total. The molecule has 1 amide bonds. The molecule has 0 radical (unpaired) electrons. The lowest BCUT2D eigenvalue weighted by atomic mass is 9.80. The molecule has 2 aliphatic rings. The van der Waals surface area contributed by atoms with E-state index in [1.54, 1.807) is 35.2 Å². The van der Waals surface area contributed by atoms with Gasteiger partial charge < -0.3 is 4.90 Å². The lowest BCUT2D eigenvalue weighted by molar-refractivity contribution is -0.123. The summed E-state index contributed by atoms with van der Waals surface area (Å²) in [6, 6.07) is 8.40. The zero-order valence-electron chi connectivity index (χ0n) is 16.1. The van der Waals surface area contributed by atoms with Gasteiger partial charge in [-0.25, -0.2) is 8.42 Å². The number of sulfonamides is 1. The van der Waals surface area contributed by atoms with Crippen LogP contribution < -0.4 is 9.62 Å². The molecule has 1 aliphatic carbocycles. The second-order valence-electron chi connectivity index (χ2n) is 7.66. The van der Waals surface area contributed by atoms with Crippen LogP contribution in [0.2, 0.25) is 0 Å². The van der Waals surface area contributed by atoms with Crippen molar-refractivity contribution >= 4 is 38.2 Å². The minimum absolute atomic E-state index is 0.113. The van der Waals surface area contributed by atoms with Crippen LogP contribution in [-0.4, -0.2) is 32.2 Å². The highest BCUT2D eigenvalue weighted by atomic mass is 32.2. The van der Waals surface area contributed by atoms with E-state index < -0.39 is 15.6 Å². The summed E-state index contributed by atoms with van der Waals surface area (Å²) in [6.45, 7) is 3.86. The molecule has 2 aromatic rings. The number of Topliss-reactive ketones (excluding diaryl/α,β-unsaturated/α-hetero) is 1. The molecule has 1 N–H and O–H groups in total. The summed E-state index contributed by atoms with van der Waals surface area (Å²) in [4.78, 5) is 26.8. The van der Waals surface area contributed by atoms with Crippen LogP contribution in [-0.2, 0) is 14.8 Å². The smallest absolute Gasteiger partial charge is 0.258 e. The van der Waals surface area contributed by atoms with E-state index in [2.05, 4.69) is 4.72 Å². The first-order chi connectivity index (χ1) is 13.3.